The van der Waals surface area contributed by atoms with E-state index in [0.717, 1.165) is 38.1 Å². The van der Waals surface area contributed by atoms with Crippen LogP contribution in [-0.4, -0.2) is 25.5 Å². The molecule has 1 aliphatic carbocycles. The van der Waals surface area contributed by atoms with Gasteiger partial charge < -0.3 is 5.11 Å². The maximum Gasteiger partial charge on any atom is 0.138 e. The number of hydrogen-bond donors (Lipinski definition) is 1. The van der Waals surface area contributed by atoms with E-state index in [1.807, 2.05) is 4.68 Å². The van der Waals surface area contributed by atoms with Crippen molar-refractivity contribution in [2.24, 2.45) is 5.41 Å². The Kier molecular flexibility index (Phi) is 3.76. The molecule has 1 fully saturated rings. The van der Waals surface area contributed by atoms with Crippen molar-refractivity contribution >= 4 is 0 Å². The quantitative estimate of drug-likeness (QED) is 0.840. The Morgan fingerprint density at radius 1 is 1.28 bits per heavy atom. The summed E-state index contributed by atoms with van der Waals surface area (Å²) in [6.07, 6.45) is 7.37. The number of nitrogens with zero attached hydrogens (tertiary/aromatic N) is 3. The van der Waals surface area contributed by atoms with Crippen molar-refractivity contribution < 1.29 is 5.11 Å². The number of hydrogen-bond acceptors (Lipinski definition) is 3. The summed E-state index contributed by atoms with van der Waals surface area (Å²) < 4.78 is 1.88. The van der Waals surface area contributed by atoms with Gasteiger partial charge in [-0.1, -0.05) is 20.3 Å². The Bertz CT molecular complexity index is 399. The standard InChI is InChI=1S/C14H25N3O/c1-4-17-12(15-11-16-17)10-14(18)7-5-6-13(2,3)8-9-14/h11,18H,4-10H2,1-3H3. The van der Waals surface area contributed by atoms with Crippen molar-refractivity contribution in [3.05, 3.63) is 12.2 Å². The Balaban J connectivity index is 2.07. The van der Waals surface area contributed by atoms with Crippen LogP contribution in [-0.2, 0) is 13.0 Å². The van der Waals surface area contributed by atoms with Gasteiger partial charge in [0.15, 0.2) is 0 Å². The molecule has 0 aliphatic heterocycles. The lowest BCUT2D eigenvalue weighted by molar-refractivity contribution is 0.0198. The predicted molar refractivity (Wildman–Crippen MR) is 71.2 cm³/mol. The first kappa shape index (κ1) is 13.5. The van der Waals surface area contributed by atoms with Gasteiger partial charge in [-0.15, -0.1) is 0 Å². The van der Waals surface area contributed by atoms with E-state index in [1.165, 1.54) is 6.42 Å². The second kappa shape index (κ2) is 5.00. The van der Waals surface area contributed by atoms with Gasteiger partial charge in [-0.3, -0.25) is 4.68 Å². The average molecular weight is 251 g/mol. The van der Waals surface area contributed by atoms with Gasteiger partial charge in [0.05, 0.1) is 5.60 Å². The van der Waals surface area contributed by atoms with E-state index in [0.29, 0.717) is 11.8 Å². The molecule has 1 unspecified atom stereocenters. The lowest BCUT2D eigenvalue weighted by Crippen LogP contribution is -2.32. The second-order valence-electron chi connectivity index (χ2n) is 6.41. The smallest absolute Gasteiger partial charge is 0.138 e. The molecule has 1 aromatic rings. The van der Waals surface area contributed by atoms with Gasteiger partial charge in [-0.25, -0.2) is 4.98 Å². The topological polar surface area (TPSA) is 50.9 Å². The van der Waals surface area contributed by atoms with Gasteiger partial charge in [0, 0.05) is 13.0 Å². The van der Waals surface area contributed by atoms with Crippen molar-refractivity contribution in [1.82, 2.24) is 14.8 Å². The first-order valence-corrected chi connectivity index (χ1v) is 7.03. The molecule has 18 heavy (non-hydrogen) atoms. The minimum absolute atomic E-state index is 0.364. The summed E-state index contributed by atoms with van der Waals surface area (Å²) in [7, 11) is 0. The van der Waals surface area contributed by atoms with E-state index in [4.69, 9.17) is 0 Å². The molecule has 0 aromatic carbocycles. The van der Waals surface area contributed by atoms with Crippen molar-refractivity contribution in [3.8, 4) is 0 Å². The highest BCUT2D eigenvalue weighted by Gasteiger charge is 2.34. The first-order valence-electron chi connectivity index (χ1n) is 7.03. The van der Waals surface area contributed by atoms with Crippen LogP contribution in [0.15, 0.2) is 6.33 Å². The van der Waals surface area contributed by atoms with Crippen LogP contribution in [0.5, 0.6) is 0 Å². The fourth-order valence-electron chi connectivity index (χ4n) is 2.88. The fourth-order valence-corrected chi connectivity index (χ4v) is 2.88. The van der Waals surface area contributed by atoms with Crippen LogP contribution in [0.25, 0.3) is 0 Å². The minimum atomic E-state index is -0.590. The molecule has 1 aromatic heterocycles. The average Bonchev–Trinajstić information content (AvgIpc) is 2.68. The van der Waals surface area contributed by atoms with E-state index in [2.05, 4.69) is 30.9 Å². The van der Waals surface area contributed by atoms with Crippen LogP contribution in [0.3, 0.4) is 0 Å². The summed E-state index contributed by atoms with van der Waals surface area (Å²) in [5, 5.41) is 15.0. The highest BCUT2D eigenvalue weighted by molar-refractivity contribution is 4.97. The summed E-state index contributed by atoms with van der Waals surface area (Å²) in [5.74, 6) is 0.916. The number of aromatic nitrogens is 3. The van der Waals surface area contributed by atoms with E-state index in [1.54, 1.807) is 6.33 Å². The molecule has 1 aliphatic rings. The first-order chi connectivity index (χ1) is 8.44. The monoisotopic (exact) mass is 251 g/mol. The van der Waals surface area contributed by atoms with E-state index >= 15 is 0 Å². The predicted octanol–water partition coefficient (Wildman–Crippen LogP) is 2.56. The van der Waals surface area contributed by atoms with Gasteiger partial charge >= 0.3 is 0 Å². The molecule has 0 spiro atoms. The molecule has 0 amide bonds. The maximum atomic E-state index is 10.8. The highest BCUT2D eigenvalue weighted by atomic mass is 16.3. The minimum Gasteiger partial charge on any atom is -0.389 e. The van der Waals surface area contributed by atoms with Gasteiger partial charge in [-0.05, 0) is 38.0 Å². The lowest BCUT2D eigenvalue weighted by atomic mass is 9.83. The molecule has 0 saturated heterocycles. The molecule has 1 heterocycles. The number of rotatable bonds is 3. The molecule has 0 bridgehead atoms. The molecule has 1 atom stereocenters. The molecule has 1 N–H and O–H groups in total. The number of aryl methyl sites for hydroxylation is 1. The van der Waals surface area contributed by atoms with Crippen molar-refractivity contribution in [2.75, 3.05) is 0 Å². The fraction of sp³-hybridized carbons (Fsp3) is 0.857. The summed E-state index contributed by atoms with van der Waals surface area (Å²) in [6.45, 7) is 7.47. The van der Waals surface area contributed by atoms with Crippen molar-refractivity contribution in [1.29, 1.82) is 0 Å². The third-order valence-electron chi connectivity index (χ3n) is 4.25. The molecule has 4 heteroatoms. The van der Waals surface area contributed by atoms with Gasteiger partial charge in [-0.2, -0.15) is 5.10 Å². The third-order valence-corrected chi connectivity index (χ3v) is 4.25. The molecule has 102 valence electrons. The summed E-state index contributed by atoms with van der Waals surface area (Å²) in [5.41, 5.74) is -0.226. The maximum absolute atomic E-state index is 10.8. The van der Waals surface area contributed by atoms with E-state index in [9.17, 15) is 5.11 Å². The molecular weight excluding hydrogens is 226 g/mol. The number of aliphatic hydroxyl groups is 1. The zero-order valence-electron chi connectivity index (χ0n) is 11.8. The second-order valence-corrected chi connectivity index (χ2v) is 6.41. The van der Waals surface area contributed by atoms with E-state index in [-0.39, 0.29) is 0 Å². The van der Waals surface area contributed by atoms with Crippen LogP contribution in [0.2, 0.25) is 0 Å². The van der Waals surface area contributed by atoms with Crippen LogP contribution >= 0.6 is 0 Å². The Morgan fingerprint density at radius 3 is 2.78 bits per heavy atom. The summed E-state index contributed by atoms with van der Waals surface area (Å²) in [6, 6.07) is 0. The molecule has 1 saturated carbocycles. The van der Waals surface area contributed by atoms with Crippen molar-refractivity contribution in [2.45, 2.75) is 71.4 Å². The van der Waals surface area contributed by atoms with Crippen LogP contribution < -0.4 is 0 Å². The summed E-state index contributed by atoms with van der Waals surface area (Å²) in [4.78, 5) is 4.29. The van der Waals surface area contributed by atoms with E-state index < -0.39 is 5.60 Å². The Morgan fingerprint density at radius 2 is 2.06 bits per heavy atom. The van der Waals surface area contributed by atoms with Crippen LogP contribution in [0, 0.1) is 5.41 Å². The molecule has 4 nitrogen and oxygen atoms in total. The van der Waals surface area contributed by atoms with Crippen LogP contribution in [0.1, 0.15) is 58.7 Å². The Hall–Kier alpha value is -0.900. The Labute approximate surface area is 109 Å². The normalized spacial score (nSPS) is 28.0. The van der Waals surface area contributed by atoms with Crippen LogP contribution in [0.4, 0.5) is 0 Å². The van der Waals surface area contributed by atoms with Gasteiger partial charge in [0.25, 0.3) is 0 Å². The third kappa shape index (κ3) is 3.10. The SMILES string of the molecule is CCn1ncnc1CC1(O)CCCC(C)(C)CC1. The summed E-state index contributed by atoms with van der Waals surface area (Å²) >= 11 is 0. The largest absolute Gasteiger partial charge is 0.389 e. The van der Waals surface area contributed by atoms with Gasteiger partial charge in [0.1, 0.15) is 12.2 Å². The lowest BCUT2D eigenvalue weighted by Gasteiger charge is -2.27. The molecule has 2 rings (SSSR count). The van der Waals surface area contributed by atoms with Crippen molar-refractivity contribution in [3.63, 3.8) is 0 Å². The molecule has 0 radical (unpaired) electrons. The zero-order chi connectivity index (χ0) is 13.2. The molecular formula is C14H25N3O. The zero-order valence-corrected chi connectivity index (χ0v) is 11.8. The highest BCUT2D eigenvalue weighted by Crippen LogP contribution is 2.39. The van der Waals surface area contributed by atoms with Gasteiger partial charge in [0.2, 0.25) is 0 Å².